The number of aromatic nitrogens is 4. The number of rotatable bonds is 16. The molecule has 0 aliphatic heterocycles. The lowest BCUT2D eigenvalue weighted by molar-refractivity contribution is 0.0720. The van der Waals surface area contributed by atoms with Crippen LogP contribution >= 0.6 is 23.2 Å². The van der Waals surface area contributed by atoms with E-state index < -0.39 is 6.16 Å². The summed E-state index contributed by atoms with van der Waals surface area (Å²) in [5, 5.41) is 1.44. The Hall–Kier alpha value is -3.81. The van der Waals surface area contributed by atoms with Gasteiger partial charge < -0.3 is 18.6 Å². The van der Waals surface area contributed by atoms with Gasteiger partial charge in [0.2, 0.25) is 0 Å². The number of unbranched alkanes of at least 4 members (excludes halogenated alkanes) is 2. The number of halogens is 2. The fourth-order valence-electron chi connectivity index (χ4n) is 4.76. The summed E-state index contributed by atoms with van der Waals surface area (Å²) < 4.78 is 14.8. The zero-order valence-corrected chi connectivity index (χ0v) is 26.9. The lowest BCUT2D eigenvalue weighted by atomic mass is 10.2. The first-order valence-electron chi connectivity index (χ1n) is 15.2. The van der Waals surface area contributed by atoms with Crippen LogP contribution in [0, 0.1) is 0 Å². The molecule has 0 unspecified atom stereocenters. The standard InChI is InChI=1S/C35H40Cl2N4O3/c1-3-5-19-33-38-23-29(40(33)25-27-13-7-9-17-31(27)36)15-11-21-43-35(42)44-22-12-16-30-24-39-34(20-6-4-2)41(30)26-28-14-8-10-18-32(28)37/h7-18,23-24H,3-6,19-22,25-26H2,1-2H3/b15-11+,16-12+. The molecule has 44 heavy (non-hydrogen) atoms. The van der Waals surface area contributed by atoms with Crippen LogP contribution in [0.1, 0.15) is 73.7 Å². The van der Waals surface area contributed by atoms with Gasteiger partial charge in [0.15, 0.2) is 0 Å². The maximum atomic E-state index is 12.2. The predicted molar refractivity (Wildman–Crippen MR) is 178 cm³/mol. The van der Waals surface area contributed by atoms with E-state index in [1.54, 1.807) is 12.2 Å². The van der Waals surface area contributed by atoms with Crippen LogP contribution in [-0.2, 0) is 35.4 Å². The normalized spacial score (nSPS) is 11.5. The van der Waals surface area contributed by atoms with Crippen LogP contribution in [0.2, 0.25) is 10.0 Å². The predicted octanol–water partition coefficient (Wildman–Crippen LogP) is 9.05. The summed E-state index contributed by atoms with van der Waals surface area (Å²) in [5.74, 6) is 2.01. The van der Waals surface area contributed by atoms with E-state index >= 15 is 0 Å². The zero-order valence-electron chi connectivity index (χ0n) is 25.4. The maximum Gasteiger partial charge on any atom is 0.508 e. The van der Waals surface area contributed by atoms with Crippen LogP contribution in [0.25, 0.3) is 12.2 Å². The zero-order chi connectivity index (χ0) is 31.1. The summed E-state index contributed by atoms with van der Waals surface area (Å²) in [4.78, 5) is 21.5. The lowest BCUT2D eigenvalue weighted by Gasteiger charge is -2.12. The molecule has 0 bridgehead atoms. The van der Waals surface area contributed by atoms with Gasteiger partial charge in [-0.15, -0.1) is 0 Å². The quantitative estimate of drug-likeness (QED) is 0.115. The van der Waals surface area contributed by atoms with Crippen molar-refractivity contribution in [3.8, 4) is 0 Å². The molecular weight excluding hydrogens is 595 g/mol. The molecule has 0 saturated heterocycles. The molecule has 232 valence electrons. The molecule has 2 aromatic heterocycles. The Morgan fingerprint density at radius 1 is 0.727 bits per heavy atom. The first kappa shape index (κ1) is 33.1. The Balaban J connectivity index is 1.31. The third-order valence-corrected chi connectivity index (χ3v) is 7.93. The monoisotopic (exact) mass is 634 g/mol. The highest BCUT2D eigenvalue weighted by Gasteiger charge is 2.12. The highest BCUT2D eigenvalue weighted by Crippen LogP contribution is 2.21. The Labute approximate surface area is 270 Å². The molecule has 2 aromatic carbocycles. The minimum Gasteiger partial charge on any atom is -0.430 e. The van der Waals surface area contributed by atoms with Gasteiger partial charge in [-0.05, 0) is 60.4 Å². The van der Waals surface area contributed by atoms with Gasteiger partial charge in [-0.25, -0.2) is 14.8 Å². The molecule has 0 atom stereocenters. The largest absolute Gasteiger partial charge is 0.508 e. The van der Waals surface area contributed by atoms with Crippen molar-refractivity contribution < 1.29 is 14.3 Å². The van der Waals surface area contributed by atoms with Gasteiger partial charge in [0.1, 0.15) is 24.9 Å². The van der Waals surface area contributed by atoms with Crippen LogP contribution in [-0.4, -0.2) is 38.5 Å². The van der Waals surface area contributed by atoms with Crippen molar-refractivity contribution in [2.24, 2.45) is 0 Å². The maximum absolute atomic E-state index is 12.2. The van der Waals surface area contributed by atoms with Crippen molar-refractivity contribution in [1.82, 2.24) is 19.1 Å². The second-order valence-corrected chi connectivity index (χ2v) is 11.3. The lowest BCUT2D eigenvalue weighted by Crippen LogP contribution is -2.09. The van der Waals surface area contributed by atoms with Crippen molar-refractivity contribution in [2.45, 2.75) is 65.5 Å². The molecule has 4 rings (SSSR count). The van der Waals surface area contributed by atoms with Crippen LogP contribution in [0.4, 0.5) is 4.79 Å². The number of aryl methyl sites for hydroxylation is 2. The molecule has 0 spiro atoms. The summed E-state index contributed by atoms with van der Waals surface area (Å²) in [7, 11) is 0. The molecule has 0 saturated carbocycles. The third kappa shape index (κ3) is 9.60. The smallest absolute Gasteiger partial charge is 0.430 e. The topological polar surface area (TPSA) is 71.2 Å². The molecule has 0 N–H and O–H groups in total. The molecule has 0 fully saturated rings. The SMILES string of the molecule is CCCCc1ncc(/C=C/COC(=O)OC/C=C/c2cnc(CCCC)n2Cc2ccccc2Cl)n1Cc1ccccc1Cl. The van der Waals surface area contributed by atoms with E-state index in [0.29, 0.717) is 13.1 Å². The molecule has 0 amide bonds. The highest BCUT2D eigenvalue weighted by atomic mass is 35.5. The van der Waals surface area contributed by atoms with Crippen molar-refractivity contribution in [1.29, 1.82) is 0 Å². The molecular formula is C35H40Cl2N4O3. The van der Waals surface area contributed by atoms with E-state index in [9.17, 15) is 4.79 Å². The van der Waals surface area contributed by atoms with Crippen molar-refractivity contribution >= 4 is 41.5 Å². The Kier molecular flexibility index (Phi) is 13.1. The Morgan fingerprint density at radius 2 is 1.16 bits per heavy atom. The van der Waals surface area contributed by atoms with Gasteiger partial charge in [0.25, 0.3) is 0 Å². The Morgan fingerprint density at radius 3 is 1.57 bits per heavy atom. The first-order valence-corrected chi connectivity index (χ1v) is 15.9. The fraction of sp³-hybridized carbons (Fsp3) is 0.343. The number of imidazole rings is 2. The fourth-order valence-corrected chi connectivity index (χ4v) is 5.15. The number of ether oxygens (including phenoxy) is 2. The van der Waals surface area contributed by atoms with E-state index in [-0.39, 0.29) is 13.2 Å². The molecule has 9 heteroatoms. The average Bonchev–Trinajstić information content (AvgIpc) is 3.60. The van der Waals surface area contributed by atoms with Gasteiger partial charge in [-0.1, -0.05) is 86.3 Å². The summed E-state index contributed by atoms with van der Waals surface area (Å²) in [5.41, 5.74) is 3.89. The van der Waals surface area contributed by atoms with Gasteiger partial charge in [-0.2, -0.15) is 0 Å². The number of nitrogens with zero attached hydrogens (tertiary/aromatic N) is 4. The van der Waals surface area contributed by atoms with E-state index in [1.165, 1.54) is 0 Å². The van der Waals surface area contributed by atoms with Crippen LogP contribution < -0.4 is 0 Å². The summed E-state index contributed by atoms with van der Waals surface area (Å²) >= 11 is 12.9. The summed E-state index contributed by atoms with van der Waals surface area (Å²) in [6.45, 7) is 5.72. The number of benzene rings is 2. The van der Waals surface area contributed by atoms with Gasteiger partial charge >= 0.3 is 6.16 Å². The molecule has 0 radical (unpaired) electrons. The van der Waals surface area contributed by atoms with Crippen LogP contribution in [0.15, 0.2) is 73.1 Å². The minimum atomic E-state index is -0.735. The van der Waals surface area contributed by atoms with E-state index in [0.717, 1.165) is 82.7 Å². The number of carbonyl (C=O) groups is 1. The van der Waals surface area contributed by atoms with Crippen molar-refractivity contribution in [2.75, 3.05) is 13.2 Å². The Bertz CT molecular complexity index is 1440. The van der Waals surface area contributed by atoms with Gasteiger partial charge in [0.05, 0.1) is 36.9 Å². The number of carbonyl (C=O) groups excluding carboxylic acids is 1. The minimum absolute atomic E-state index is 0.0789. The van der Waals surface area contributed by atoms with E-state index in [1.807, 2.05) is 73.1 Å². The van der Waals surface area contributed by atoms with Crippen LogP contribution in [0.3, 0.4) is 0 Å². The highest BCUT2D eigenvalue weighted by molar-refractivity contribution is 6.31. The third-order valence-electron chi connectivity index (χ3n) is 7.19. The molecule has 4 aromatic rings. The number of hydrogen-bond donors (Lipinski definition) is 0. The summed E-state index contributed by atoms with van der Waals surface area (Å²) in [6, 6.07) is 15.6. The number of hydrogen-bond acceptors (Lipinski definition) is 5. The van der Waals surface area contributed by atoms with E-state index in [2.05, 4.69) is 32.9 Å². The first-order chi connectivity index (χ1) is 21.5. The van der Waals surface area contributed by atoms with Crippen LogP contribution in [0.5, 0.6) is 0 Å². The van der Waals surface area contributed by atoms with Gasteiger partial charge in [0, 0.05) is 22.9 Å². The summed E-state index contributed by atoms with van der Waals surface area (Å²) in [6.07, 6.45) is 16.4. The molecule has 0 aliphatic rings. The second-order valence-electron chi connectivity index (χ2n) is 10.4. The second kappa shape index (κ2) is 17.5. The van der Waals surface area contributed by atoms with Gasteiger partial charge in [-0.3, -0.25) is 0 Å². The van der Waals surface area contributed by atoms with E-state index in [4.69, 9.17) is 32.7 Å². The van der Waals surface area contributed by atoms with Crippen molar-refractivity contribution in [3.63, 3.8) is 0 Å². The molecule has 2 heterocycles. The van der Waals surface area contributed by atoms with Crippen molar-refractivity contribution in [3.05, 3.63) is 117 Å². The molecule has 7 nitrogen and oxygen atoms in total. The average molecular weight is 636 g/mol. The molecule has 0 aliphatic carbocycles.